The third-order valence-electron chi connectivity index (χ3n) is 5.26. The van der Waals surface area contributed by atoms with Crippen LogP contribution in [0.15, 0.2) is 47.0 Å². The van der Waals surface area contributed by atoms with Gasteiger partial charge in [-0.05, 0) is 36.8 Å². The van der Waals surface area contributed by atoms with Crippen LogP contribution in [0.3, 0.4) is 0 Å². The second-order valence-electron chi connectivity index (χ2n) is 7.05. The first-order chi connectivity index (χ1) is 14.8. The molecule has 1 aliphatic heterocycles. The average molecular weight is 423 g/mol. The van der Waals surface area contributed by atoms with Crippen molar-refractivity contribution in [2.75, 3.05) is 0 Å². The lowest BCUT2D eigenvalue weighted by atomic mass is 9.75. The molecule has 0 aliphatic carbocycles. The number of rotatable bonds is 3. The molecule has 0 saturated heterocycles. The number of nitriles is 2. The third-order valence-corrected chi connectivity index (χ3v) is 5.26. The van der Waals surface area contributed by atoms with Crippen molar-refractivity contribution >= 4 is 22.3 Å². The quantitative estimate of drug-likeness (QED) is 0.600. The van der Waals surface area contributed by atoms with Crippen molar-refractivity contribution in [3.8, 4) is 12.1 Å². The lowest BCUT2D eigenvalue weighted by Gasteiger charge is -2.29. The zero-order valence-corrected chi connectivity index (χ0v) is 16.0. The van der Waals surface area contributed by atoms with E-state index in [9.17, 15) is 28.1 Å². The molecule has 4 rings (SSSR count). The number of allylic oxidation sites excluding steroid dienone is 1. The number of nitrogens with zero attached hydrogens (tertiary/aromatic N) is 4. The number of nitrogens with one attached hydrogen (secondary N) is 1. The van der Waals surface area contributed by atoms with E-state index in [0.717, 1.165) is 17.8 Å². The maximum atomic E-state index is 14.5. The molecular weight excluding hydrogens is 410 g/mol. The molecule has 0 bridgehead atoms. The van der Waals surface area contributed by atoms with Crippen molar-refractivity contribution in [1.82, 2.24) is 10.2 Å². The molecule has 0 amide bonds. The largest absolute Gasteiger partial charge is 0.282 e. The average Bonchev–Trinajstić information content (AvgIpc) is 3.12. The summed E-state index contributed by atoms with van der Waals surface area (Å²) in [5.74, 6) is -4.46. The van der Waals surface area contributed by atoms with Gasteiger partial charge in [0.1, 0.15) is 23.3 Å². The Hall–Kier alpha value is -3.98. The molecule has 31 heavy (non-hydrogen) atoms. The van der Waals surface area contributed by atoms with Gasteiger partial charge in [0.15, 0.2) is 0 Å². The molecule has 2 atom stereocenters. The predicted octanol–water partition coefficient (Wildman–Crippen LogP) is 5.03. The Labute approximate surface area is 173 Å². The molecule has 0 fully saturated rings. The monoisotopic (exact) mass is 423 g/mol. The zero-order valence-electron chi connectivity index (χ0n) is 16.0. The Morgan fingerprint density at radius 1 is 1.10 bits per heavy atom. The van der Waals surface area contributed by atoms with Gasteiger partial charge in [0.25, 0.3) is 6.43 Å². The van der Waals surface area contributed by atoms with Gasteiger partial charge in [0.2, 0.25) is 0 Å². The Balaban J connectivity index is 2.01. The third kappa shape index (κ3) is 3.34. The van der Waals surface area contributed by atoms with Crippen LogP contribution in [0.4, 0.5) is 17.6 Å². The molecule has 5 nitrogen and oxygen atoms in total. The molecule has 9 heteroatoms. The number of benzene rings is 2. The highest BCUT2D eigenvalue weighted by Gasteiger charge is 2.41. The fourth-order valence-electron chi connectivity index (χ4n) is 3.79. The van der Waals surface area contributed by atoms with E-state index in [1.54, 1.807) is 25.1 Å². The van der Waals surface area contributed by atoms with Gasteiger partial charge in [-0.25, -0.2) is 22.6 Å². The van der Waals surface area contributed by atoms with Crippen LogP contribution in [0.25, 0.3) is 16.6 Å². The summed E-state index contributed by atoms with van der Waals surface area (Å²) in [7, 11) is 0. The molecular formula is C22H13F4N5. The Morgan fingerprint density at radius 3 is 2.52 bits per heavy atom. The minimum absolute atomic E-state index is 0.151. The number of alkyl halides is 2. The molecule has 2 aromatic carbocycles. The lowest BCUT2D eigenvalue weighted by Crippen LogP contribution is -2.31. The molecule has 154 valence electrons. The maximum Gasteiger partial charge on any atom is 0.277 e. The summed E-state index contributed by atoms with van der Waals surface area (Å²) in [5, 5.41) is 27.2. The van der Waals surface area contributed by atoms with Crippen LogP contribution in [-0.2, 0) is 0 Å². The highest BCUT2D eigenvalue weighted by atomic mass is 19.3. The van der Waals surface area contributed by atoms with Crippen LogP contribution >= 0.6 is 0 Å². The molecule has 1 N–H and O–H groups in total. The lowest BCUT2D eigenvalue weighted by molar-refractivity contribution is 0.219. The van der Waals surface area contributed by atoms with Crippen molar-refractivity contribution in [3.63, 3.8) is 0 Å². The van der Waals surface area contributed by atoms with Crippen LogP contribution in [-0.4, -0.2) is 22.3 Å². The SMILES string of the molecule is Cc1[nH]nc2ccc(C3C(C#N)=C(c4ccc(F)cc4F)N=C(C(F)F)C3C#N)cc12. The first-order valence-electron chi connectivity index (χ1n) is 9.16. The van der Waals surface area contributed by atoms with E-state index < -0.39 is 35.6 Å². The molecule has 2 unspecified atom stereocenters. The molecule has 2 heterocycles. The second kappa shape index (κ2) is 7.69. The van der Waals surface area contributed by atoms with E-state index in [-0.39, 0.29) is 16.8 Å². The number of hydrogen-bond acceptors (Lipinski definition) is 4. The number of halogens is 4. The molecule has 1 aromatic heterocycles. The maximum absolute atomic E-state index is 14.5. The first-order valence-corrected chi connectivity index (χ1v) is 9.16. The number of aromatic amines is 1. The Kier molecular flexibility index (Phi) is 5.04. The summed E-state index contributed by atoms with van der Waals surface area (Å²) in [6, 6.07) is 11.2. The fourth-order valence-corrected chi connectivity index (χ4v) is 3.79. The molecule has 0 spiro atoms. The smallest absolute Gasteiger partial charge is 0.277 e. The van der Waals surface area contributed by atoms with Crippen LogP contribution in [0.1, 0.15) is 22.7 Å². The van der Waals surface area contributed by atoms with Gasteiger partial charge in [-0.15, -0.1) is 0 Å². The normalized spacial score (nSPS) is 18.8. The Bertz CT molecular complexity index is 1340. The standard InChI is InChI=1S/C22H13F4N5/c1-10-14-6-11(2-5-18(14)31-30-10)19-15(8-27)20(13-4-3-12(23)7-17(13)24)29-21(22(25)26)16(19)9-28/h2-7,16,19,22H,1H3,(H,30,31). The van der Waals surface area contributed by atoms with E-state index in [0.29, 0.717) is 22.5 Å². The van der Waals surface area contributed by atoms with Crippen molar-refractivity contribution in [2.24, 2.45) is 10.9 Å². The fraction of sp³-hybridized carbons (Fsp3) is 0.182. The zero-order chi connectivity index (χ0) is 22.3. The molecule has 0 saturated carbocycles. The number of aryl methyl sites for hydroxylation is 1. The van der Waals surface area contributed by atoms with Gasteiger partial charge in [-0.3, -0.25) is 5.10 Å². The minimum atomic E-state index is -3.11. The second-order valence-corrected chi connectivity index (χ2v) is 7.05. The van der Waals surface area contributed by atoms with E-state index in [4.69, 9.17) is 0 Å². The minimum Gasteiger partial charge on any atom is -0.282 e. The number of hydrogen-bond donors (Lipinski definition) is 1. The summed E-state index contributed by atoms with van der Waals surface area (Å²) in [6.45, 7) is 1.77. The Morgan fingerprint density at radius 2 is 1.87 bits per heavy atom. The number of H-pyrrole nitrogens is 1. The van der Waals surface area contributed by atoms with Gasteiger partial charge in [0.05, 0.1) is 28.9 Å². The van der Waals surface area contributed by atoms with Crippen molar-refractivity contribution < 1.29 is 17.6 Å². The van der Waals surface area contributed by atoms with Gasteiger partial charge >= 0.3 is 0 Å². The number of aliphatic imine (C=N–C) groups is 1. The molecule has 1 aliphatic rings. The molecule has 0 radical (unpaired) electrons. The summed E-state index contributed by atoms with van der Waals surface area (Å²) < 4.78 is 55.6. The van der Waals surface area contributed by atoms with Crippen LogP contribution in [0.5, 0.6) is 0 Å². The molecule has 3 aromatic rings. The van der Waals surface area contributed by atoms with E-state index in [2.05, 4.69) is 15.2 Å². The van der Waals surface area contributed by atoms with Gasteiger partial charge in [-0.2, -0.15) is 15.6 Å². The van der Waals surface area contributed by atoms with Crippen LogP contribution in [0.2, 0.25) is 0 Å². The van der Waals surface area contributed by atoms with Gasteiger partial charge in [0, 0.05) is 28.6 Å². The van der Waals surface area contributed by atoms with E-state index in [1.807, 2.05) is 12.1 Å². The summed E-state index contributed by atoms with van der Waals surface area (Å²) >= 11 is 0. The van der Waals surface area contributed by atoms with E-state index >= 15 is 0 Å². The van der Waals surface area contributed by atoms with E-state index in [1.165, 1.54) is 0 Å². The van der Waals surface area contributed by atoms with Gasteiger partial charge < -0.3 is 0 Å². The highest BCUT2D eigenvalue weighted by Crippen LogP contribution is 2.43. The highest BCUT2D eigenvalue weighted by molar-refractivity contribution is 6.00. The predicted molar refractivity (Wildman–Crippen MR) is 105 cm³/mol. The van der Waals surface area contributed by atoms with Crippen molar-refractivity contribution in [1.29, 1.82) is 10.5 Å². The van der Waals surface area contributed by atoms with Crippen LogP contribution < -0.4 is 0 Å². The number of fused-ring (bicyclic) bond motifs is 1. The topological polar surface area (TPSA) is 88.6 Å². The summed E-state index contributed by atoms with van der Waals surface area (Å²) in [4.78, 5) is 3.81. The van der Waals surface area contributed by atoms with Crippen molar-refractivity contribution in [2.45, 2.75) is 19.3 Å². The van der Waals surface area contributed by atoms with Crippen molar-refractivity contribution in [3.05, 3.63) is 70.4 Å². The number of aromatic nitrogens is 2. The summed E-state index contributed by atoms with van der Waals surface area (Å²) in [5.41, 5.74) is 0.204. The summed E-state index contributed by atoms with van der Waals surface area (Å²) in [6.07, 6.45) is -3.11. The van der Waals surface area contributed by atoms with Crippen LogP contribution in [0, 0.1) is 47.1 Å². The van der Waals surface area contributed by atoms with Gasteiger partial charge in [-0.1, -0.05) is 6.07 Å². The first kappa shape index (κ1) is 20.3.